The third kappa shape index (κ3) is 7.00. The van der Waals surface area contributed by atoms with Gasteiger partial charge in [0, 0.05) is 33.2 Å². The van der Waals surface area contributed by atoms with Gasteiger partial charge in [0.2, 0.25) is 11.9 Å². The van der Waals surface area contributed by atoms with Crippen LogP contribution in [0.4, 0.5) is 23.5 Å². The monoisotopic (exact) mass is 560 g/mol. The molecule has 0 radical (unpaired) electrons. The maximum Gasteiger partial charge on any atom is 0.282 e. The Balaban J connectivity index is 1.41. The fraction of sp³-hybridized carbons (Fsp3) is 0.448. The highest BCUT2D eigenvalue weighted by Gasteiger charge is 2.23. The Hall–Kier alpha value is -4.48. The highest BCUT2D eigenvalue weighted by Crippen LogP contribution is 2.35. The summed E-state index contributed by atoms with van der Waals surface area (Å²) in [5.74, 6) is 2.32. The van der Waals surface area contributed by atoms with E-state index in [1.54, 1.807) is 13.1 Å². The Bertz CT molecular complexity index is 1320. The van der Waals surface area contributed by atoms with E-state index in [9.17, 15) is 10.1 Å². The van der Waals surface area contributed by atoms with E-state index in [0.29, 0.717) is 23.6 Å². The van der Waals surface area contributed by atoms with E-state index in [1.165, 1.54) is 37.2 Å². The number of nitro groups is 1. The summed E-state index contributed by atoms with van der Waals surface area (Å²) in [7, 11) is 3.23. The molecule has 3 heterocycles. The minimum Gasteiger partial charge on any atom is -0.493 e. The number of hydrogen-bond acceptors (Lipinski definition) is 11. The van der Waals surface area contributed by atoms with E-state index in [-0.39, 0.29) is 23.6 Å². The van der Waals surface area contributed by atoms with Gasteiger partial charge >= 0.3 is 0 Å². The topological polar surface area (TPSA) is 122 Å². The van der Waals surface area contributed by atoms with Gasteiger partial charge in [-0.25, -0.2) is 5.01 Å². The second-order valence-electron chi connectivity index (χ2n) is 10.2. The predicted molar refractivity (Wildman–Crippen MR) is 158 cm³/mol. The normalized spacial score (nSPS) is 15.7. The van der Waals surface area contributed by atoms with Crippen molar-refractivity contribution in [1.29, 1.82) is 0 Å². The molecule has 0 N–H and O–H groups in total. The molecule has 0 saturated carbocycles. The van der Waals surface area contributed by atoms with Gasteiger partial charge in [-0.2, -0.15) is 20.1 Å². The number of aromatic nitrogens is 3. The Kier molecular flexibility index (Phi) is 9.07. The lowest BCUT2D eigenvalue weighted by molar-refractivity contribution is -0.385. The zero-order chi connectivity index (χ0) is 28.6. The largest absolute Gasteiger partial charge is 0.493 e. The van der Waals surface area contributed by atoms with Crippen LogP contribution in [0.5, 0.6) is 11.5 Å². The minimum atomic E-state index is -0.456. The first-order valence-electron chi connectivity index (χ1n) is 14.1. The van der Waals surface area contributed by atoms with Gasteiger partial charge < -0.3 is 19.3 Å². The van der Waals surface area contributed by atoms with Gasteiger partial charge in [0.05, 0.1) is 29.9 Å². The van der Waals surface area contributed by atoms with Crippen molar-refractivity contribution in [3.63, 3.8) is 0 Å². The number of piperidine rings is 2. The number of rotatable bonds is 10. The SMILES string of the molecule is COc1cc(/C=N\N(C)c2nc(N3CCCCC3)nc(N3CCCCC3)n2)c([N+](=O)[O-])cc1OCc1ccccc1. The van der Waals surface area contributed by atoms with Crippen molar-refractivity contribution in [3.05, 3.63) is 63.7 Å². The second-order valence-corrected chi connectivity index (χ2v) is 10.2. The van der Waals surface area contributed by atoms with Gasteiger partial charge in [0.25, 0.3) is 11.6 Å². The van der Waals surface area contributed by atoms with Gasteiger partial charge in [-0.15, -0.1) is 0 Å². The van der Waals surface area contributed by atoms with Crippen molar-refractivity contribution < 1.29 is 14.4 Å². The highest BCUT2D eigenvalue weighted by atomic mass is 16.6. The van der Waals surface area contributed by atoms with E-state index >= 15 is 0 Å². The standard InChI is InChI=1S/C29H36N8O4/c1-34(27-31-28(35-14-8-4-9-15-35)33-29(32-27)36-16-10-5-11-17-36)30-20-23-18-25(40-2)26(19-24(23)37(38)39)41-21-22-12-6-3-7-13-22/h3,6-7,12-13,18-20H,4-5,8-11,14-17,21H2,1-2H3/b30-20-. The zero-order valence-corrected chi connectivity index (χ0v) is 23.6. The quantitative estimate of drug-likeness (QED) is 0.194. The summed E-state index contributed by atoms with van der Waals surface area (Å²) in [6.45, 7) is 3.87. The van der Waals surface area contributed by atoms with Crippen LogP contribution in [0.15, 0.2) is 47.6 Å². The summed E-state index contributed by atoms with van der Waals surface area (Å²) >= 11 is 0. The third-order valence-electron chi connectivity index (χ3n) is 7.28. The van der Waals surface area contributed by atoms with Crippen molar-refractivity contribution >= 4 is 29.7 Å². The van der Waals surface area contributed by atoms with Crippen molar-refractivity contribution in [3.8, 4) is 11.5 Å². The minimum absolute atomic E-state index is 0.148. The van der Waals surface area contributed by atoms with E-state index in [4.69, 9.17) is 24.4 Å². The van der Waals surface area contributed by atoms with Gasteiger partial charge in [-0.1, -0.05) is 30.3 Å². The van der Waals surface area contributed by atoms with Crippen molar-refractivity contribution in [2.24, 2.45) is 5.10 Å². The van der Waals surface area contributed by atoms with E-state index in [1.807, 2.05) is 30.3 Å². The molecule has 2 saturated heterocycles. The molecule has 2 aliphatic heterocycles. The van der Waals surface area contributed by atoms with E-state index < -0.39 is 4.92 Å². The summed E-state index contributed by atoms with van der Waals surface area (Å²) in [5, 5.41) is 18.0. The second kappa shape index (κ2) is 13.2. The molecule has 12 heteroatoms. The van der Waals surface area contributed by atoms with Crippen LogP contribution in [0.25, 0.3) is 0 Å². The number of benzene rings is 2. The molecular weight excluding hydrogens is 524 g/mol. The lowest BCUT2D eigenvalue weighted by atomic mass is 10.1. The van der Waals surface area contributed by atoms with Crippen LogP contribution in [-0.4, -0.2) is 66.4 Å². The maximum atomic E-state index is 12.0. The first-order valence-corrected chi connectivity index (χ1v) is 14.1. The summed E-state index contributed by atoms with van der Waals surface area (Å²) in [5.41, 5.74) is 1.06. The number of nitrogens with zero attached hydrogens (tertiary/aromatic N) is 8. The lowest BCUT2D eigenvalue weighted by Crippen LogP contribution is -2.35. The molecular formula is C29H36N8O4. The first-order chi connectivity index (χ1) is 20.0. The number of ether oxygens (including phenoxy) is 2. The molecule has 2 fully saturated rings. The summed E-state index contributed by atoms with van der Waals surface area (Å²) in [6.07, 6.45) is 8.24. The molecule has 0 spiro atoms. The van der Waals surface area contributed by atoms with Gasteiger partial charge in [0.1, 0.15) is 6.61 Å². The Morgan fingerprint density at radius 2 is 1.54 bits per heavy atom. The average molecular weight is 561 g/mol. The molecule has 5 rings (SSSR count). The molecule has 1 aromatic heterocycles. The zero-order valence-electron chi connectivity index (χ0n) is 23.6. The number of methoxy groups -OCH3 is 1. The fourth-order valence-corrected chi connectivity index (χ4v) is 4.99. The third-order valence-corrected chi connectivity index (χ3v) is 7.28. The van der Waals surface area contributed by atoms with Crippen LogP contribution in [0, 0.1) is 10.1 Å². The highest BCUT2D eigenvalue weighted by molar-refractivity contribution is 5.87. The van der Waals surface area contributed by atoms with Crippen molar-refractivity contribution in [1.82, 2.24) is 15.0 Å². The average Bonchev–Trinajstić information content (AvgIpc) is 3.03. The molecule has 2 aliphatic rings. The van der Waals surface area contributed by atoms with E-state index in [2.05, 4.69) is 14.9 Å². The summed E-state index contributed by atoms with van der Waals surface area (Å²) in [6, 6.07) is 12.5. The molecule has 0 aliphatic carbocycles. The maximum absolute atomic E-state index is 12.0. The lowest BCUT2D eigenvalue weighted by Gasteiger charge is -2.30. The van der Waals surface area contributed by atoms with Crippen LogP contribution in [0.2, 0.25) is 0 Å². The molecule has 216 valence electrons. The number of nitro benzene ring substituents is 1. The molecule has 0 amide bonds. The molecule has 0 bridgehead atoms. The predicted octanol–water partition coefficient (Wildman–Crippen LogP) is 4.82. The number of hydrazone groups is 1. The van der Waals surface area contributed by atoms with Crippen LogP contribution in [0.3, 0.4) is 0 Å². The Morgan fingerprint density at radius 3 is 2.10 bits per heavy atom. The fourth-order valence-electron chi connectivity index (χ4n) is 4.99. The van der Waals surface area contributed by atoms with Crippen molar-refractivity contribution in [2.45, 2.75) is 45.1 Å². The number of hydrogen-bond donors (Lipinski definition) is 0. The summed E-state index contributed by atoms with van der Waals surface area (Å²) < 4.78 is 11.4. The van der Waals surface area contributed by atoms with Crippen molar-refractivity contribution in [2.75, 3.05) is 55.1 Å². The van der Waals surface area contributed by atoms with Crippen LogP contribution >= 0.6 is 0 Å². The van der Waals surface area contributed by atoms with Crippen LogP contribution in [0.1, 0.15) is 49.7 Å². The molecule has 12 nitrogen and oxygen atoms in total. The van der Waals surface area contributed by atoms with Gasteiger partial charge in [-0.3, -0.25) is 10.1 Å². The Morgan fingerprint density at radius 1 is 0.927 bits per heavy atom. The van der Waals surface area contributed by atoms with E-state index in [0.717, 1.165) is 57.4 Å². The van der Waals surface area contributed by atoms with Crippen LogP contribution < -0.4 is 24.3 Å². The first kappa shape index (κ1) is 28.1. The van der Waals surface area contributed by atoms with Gasteiger partial charge in [-0.05, 0) is 50.2 Å². The molecule has 0 atom stereocenters. The summed E-state index contributed by atoms with van der Waals surface area (Å²) in [4.78, 5) is 30.2. The molecule has 0 unspecified atom stereocenters. The van der Waals surface area contributed by atoms with Crippen LogP contribution in [-0.2, 0) is 6.61 Å². The molecule has 41 heavy (non-hydrogen) atoms. The number of anilines is 3. The Labute approximate surface area is 239 Å². The smallest absolute Gasteiger partial charge is 0.282 e. The molecule has 3 aromatic rings. The molecule has 2 aromatic carbocycles. The van der Waals surface area contributed by atoms with Gasteiger partial charge in [0.15, 0.2) is 11.5 Å².